The van der Waals surface area contributed by atoms with Crippen molar-refractivity contribution in [1.82, 2.24) is 9.97 Å². The maximum atomic E-state index is 12.3. The van der Waals surface area contributed by atoms with Crippen molar-refractivity contribution in [1.29, 1.82) is 0 Å². The van der Waals surface area contributed by atoms with Gasteiger partial charge in [-0.2, -0.15) is 18.2 Å². The predicted molar refractivity (Wildman–Crippen MR) is 77.6 cm³/mol. The lowest BCUT2D eigenvalue weighted by atomic mass is 10.3. The van der Waals surface area contributed by atoms with Gasteiger partial charge in [-0.25, -0.2) is 0 Å². The molecule has 0 saturated heterocycles. The van der Waals surface area contributed by atoms with Gasteiger partial charge in [-0.1, -0.05) is 0 Å². The minimum Gasteiger partial charge on any atom is -0.367 e. The molecule has 0 aliphatic rings. The molecule has 2 amide bonds. The summed E-state index contributed by atoms with van der Waals surface area (Å²) < 4.78 is 37.0. The molecule has 1 aromatic rings. The maximum Gasteiger partial charge on any atom is 0.390 e. The van der Waals surface area contributed by atoms with Crippen LogP contribution in [-0.2, 0) is 9.59 Å². The van der Waals surface area contributed by atoms with Gasteiger partial charge in [-0.05, 0) is 0 Å². The minimum absolute atomic E-state index is 0.169. The molecule has 23 heavy (non-hydrogen) atoms. The lowest BCUT2D eigenvalue weighted by Crippen LogP contribution is -2.33. The zero-order chi connectivity index (χ0) is 17.8. The van der Waals surface area contributed by atoms with E-state index in [1.807, 2.05) is 0 Å². The van der Waals surface area contributed by atoms with Crippen molar-refractivity contribution in [3.8, 4) is 0 Å². The van der Waals surface area contributed by atoms with Crippen LogP contribution in [-0.4, -0.2) is 49.1 Å². The number of amides is 2. The number of hydrogen-bond donors (Lipinski definition) is 2. The van der Waals surface area contributed by atoms with Gasteiger partial charge in [-0.3, -0.25) is 24.7 Å². The zero-order valence-corrected chi connectivity index (χ0v) is 12.7. The van der Waals surface area contributed by atoms with Gasteiger partial charge < -0.3 is 9.80 Å². The summed E-state index contributed by atoms with van der Waals surface area (Å²) >= 11 is 0. The van der Waals surface area contributed by atoms with Crippen LogP contribution in [0.1, 0.15) is 13.3 Å². The third kappa shape index (κ3) is 5.27. The summed E-state index contributed by atoms with van der Waals surface area (Å²) in [6.45, 7) is 0.694. The first-order valence-corrected chi connectivity index (χ1v) is 6.43. The molecule has 0 aromatic carbocycles. The van der Waals surface area contributed by atoms with Gasteiger partial charge in [0.2, 0.25) is 18.3 Å². The second-order valence-electron chi connectivity index (χ2n) is 4.77. The Labute approximate surface area is 129 Å². The lowest BCUT2D eigenvalue weighted by Gasteiger charge is -2.24. The molecule has 0 atom stereocenters. The van der Waals surface area contributed by atoms with E-state index in [2.05, 4.69) is 15.3 Å². The van der Waals surface area contributed by atoms with Crippen LogP contribution in [0.25, 0.3) is 0 Å². The van der Waals surface area contributed by atoms with E-state index in [9.17, 15) is 27.6 Å². The summed E-state index contributed by atoms with van der Waals surface area (Å²) in [5.74, 6) is -0.887. The number of nitrogens with one attached hydrogen (secondary N) is 2. The molecule has 0 fully saturated rings. The number of anilines is 3. The summed E-state index contributed by atoms with van der Waals surface area (Å²) in [5, 5.41) is 2.24. The van der Waals surface area contributed by atoms with E-state index < -0.39 is 30.6 Å². The number of aromatic nitrogens is 2. The number of aromatic amines is 1. The highest BCUT2D eigenvalue weighted by Gasteiger charge is 2.28. The molecular formula is C12H16F3N5O3. The first-order valence-electron chi connectivity index (χ1n) is 6.43. The summed E-state index contributed by atoms with van der Waals surface area (Å²) in [4.78, 5) is 42.2. The van der Waals surface area contributed by atoms with Crippen molar-refractivity contribution in [3.05, 3.63) is 10.4 Å². The third-order valence-corrected chi connectivity index (χ3v) is 2.78. The van der Waals surface area contributed by atoms with Crippen LogP contribution < -0.4 is 20.7 Å². The van der Waals surface area contributed by atoms with E-state index >= 15 is 0 Å². The Bertz CT molecular complexity index is 644. The van der Waals surface area contributed by atoms with Crippen LogP contribution in [0.15, 0.2) is 4.79 Å². The van der Waals surface area contributed by atoms with Gasteiger partial charge in [0.05, 0.1) is 6.42 Å². The normalized spacial score (nSPS) is 11.0. The monoisotopic (exact) mass is 335 g/mol. The first-order chi connectivity index (χ1) is 10.5. The zero-order valence-electron chi connectivity index (χ0n) is 12.7. The van der Waals surface area contributed by atoms with Crippen molar-refractivity contribution < 1.29 is 22.8 Å². The van der Waals surface area contributed by atoms with Crippen molar-refractivity contribution in [2.24, 2.45) is 0 Å². The summed E-state index contributed by atoms with van der Waals surface area (Å²) in [7, 11) is 2.56. The minimum atomic E-state index is -4.39. The number of H-pyrrole nitrogens is 1. The largest absolute Gasteiger partial charge is 0.390 e. The van der Waals surface area contributed by atoms with Crippen molar-refractivity contribution in [3.63, 3.8) is 0 Å². The highest BCUT2D eigenvalue weighted by Crippen LogP contribution is 2.25. The van der Waals surface area contributed by atoms with Crippen LogP contribution in [0.5, 0.6) is 0 Å². The fraction of sp³-hybridized carbons (Fsp3) is 0.500. The number of alkyl halides is 3. The number of hydrogen-bond acceptors (Lipinski definition) is 5. The van der Waals surface area contributed by atoms with Gasteiger partial charge >= 0.3 is 6.18 Å². The van der Waals surface area contributed by atoms with E-state index in [1.165, 1.54) is 21.0 Å². The Hall–Kier alpha value is -2.59. The predicted octanol–water partition coefficient (Wildman–Crippen LogP) is 0.709. The Morgan fingerprint density at radius 3 is 2.48 bits per heavy atom. The standard InChI is InChI=1S/C12H16F3N5O3/c1-7(22)16-11-17-9(20(3)6-21)8(10(23)18-11)19(2)5-4-12(13,14)15/h6H,4-5H2,1-3H3,(H2,16,17,18,22,23). The molecule has 0 unspecified atom stereocenters. The molecule has 1 rings (SSSR count). The molecule has 0 bridgehead atoms. The summed E-state index contributed by atoms with van der Waals surface area (Å²) in [5.41, 5.74) is -0.991. The number of carbonyl (C=O) groups is 2. The molecule has 0 saturated carbocycles. The fourth-order valence-corrected chi connectivity index (χ4v) is 1.73. The Balaban J connectivity index is 3.26. The average Bonchev–Trinajstić information content (AvgIpc) is 2.41. The van der Waals surface area contributed by atoms with Gasteiger partial charge in [0.15, 0.2) is 5.82 Å². The number of halogens is 3. The molecule has 0 aliphatic heterocycles. The fourth-order valence-electron chi connectivity index (χ4n) is 1.73. The van der Waals surface area contributed by atoms with Crippen molar-refractivity contribution >= 4 is 29.8 Å². The number of carbonyl (C=O) groups excluding carboxylic acids is 2. The van der Waals surface area contributed by atoms with E-state index in [0.29, 0.717) is 6.41 Å². The number of rotatable bonds is 6. The molecule has 11 heteroatoms. The smallest absolute Gasteiger partial charge is 0.367 e. The molecule has 128 valence electrons. The molecule has 8 nitrogen and oxygen atoms in total. The lowest BCUT2D eigenvalue weighted by molar-refractivity contribution is -0.132. The Kier molecular flexibility index (Phi) is 5.71. The highest BCUT2D eigenvalue weighted by atomic mass is 19.4. The van der Waals surface area contributed by atoms with E-state index in [4.69, 9.17) is 0 Å². The van der Waals surface area contributed by atoms with Crippen LogP contribution in [0.3, 0.4) is 0 Å². The summed E-state index contributed by atoms with van der Waals surface area (Å²) in [6.07, 6.45) is -5.18. The molecular weight excluding hydrogens is 319 g/mol. The SMILES string of the molecule is CC(=O)Nc1nc(N(C)C=O)c(N(C)CCC(F)(F)F)c(=O)[nH]1. The molecule has 0 aliphatic carbocycles. The van der Waals surface area contributed by atoms with Crippen molar-refractivity contribution in [2.75, 3.05) is 35.8 Å². The molecule has 0 radical (unpaired) electrons. The van der Waals surface area contributed by atoms with E-state index in [1.54, 1.807) is 0 Å². The van der Waals surface area contributed by atoms with Gasteiger partial charge in [0.25, 0.3) is 5.56 Å². The second-order valence-corrected chi connectivity index (χ2v) is 4.77. The average molecular weight is 335 g/mol. The molecule has 1 aromatic heterocycles. The molecule has 1 heterocycles. The van der Waals surface area contributed by atoms with Crippen LogP contribution in [0.4, 0.5) is 30.6 Å². The van der Waals surface area contributed by atoms with Gasteiger partial charge in [0, 0.05) is 27.6 Å². The quantitative estimate of drug-likeness (QED) is 0.746. The number of nitrogens with zero attached hydrogens (tertiary/aromatic N) is 3. The third-order valence-electron chi connectivity index (χ3n) is 2.78. The summed E-state index contributed by atoms with van der Waals surface area (Å²) in [6, 6.07) is 0. The maximum absolute atomic E-state index is 12.3. The highest BCUT2D eigenvalue weighted by molar-refractivity contribution is 5.88. The van der Waals surface area contributed by atoms with Gasteiger partial charge in [0.1, 0.15) is 5.69 Å². The Morgan fingerprint density at radius 1 is 1.39 bits per heavy atom. The van der Waals surface area contributed by atoms with Crippen LogP contribution in [0, 0.1) is 0 Å². The second kappa shape index (κ2) is 7.11. The van der Waals surface area contributed by atoms with Crippen LogP contribution in [0.2, 0.25) is 0 Å². The molecule has 0 spiro atoms. The van der Waals surface area contributed by atoms with Crippen molar-refractivity contribution in [2.45, 2.75) is 19.5 Å². The Morgan fingerprint density at radius 2 is 2.00 bits per heavy atom. The topological polar surface area (TPSA) is 98.4 Å². The van der Waals surface area contributed by atoms with Crippen LogP contribution >= 0.6 is 0 Å². The molecule has 2 N–H and O–H groups in total. The van der Waals surface area contributed by atoms with Gasteiger partial charge in [-0.15, -0.1) is 0 Å². The first kappa shape index (κ1) is 18.5. The van der Waals surface area contributed by atoms with E-state index in [-0.39, 0.29) is 17.5 Å². The van der Waals surface area contributed by atoms with E-state index in [0.717, 1.165) is 9.80 Å².